The lowest BCUT2D eigenvalue weighted by atomic mass is 10.1. The van der Waals surface area contributed by atoms with Crippen LogP contribution in [0.15, 0.2) is 51.8 Å². The van der Waals surface area contributed by atoms with Crippen molar-refractivity contribution in [3.63, 3.8) is 0 Å². The average molecular weight is 355 g/mol. The minimum Gasteiger partial charge on any atom is -0.399 e. The van der Waals surface area contributed by atoms with E-state index in [1.807, 2.05) is 19.1 Å². The smallest absolute Gasteiger partial charge is 0.240 e. The van der Waals surface area contributed by atoms with Gasteiger partial charge in [0.25, 0.3) is 0 Å². The molecule has 0 bridgehead atoms. The number of benzene rings is 2. The fourth-order valence-corrected chi connectivity index (χ4v) is 3.39. The summed E-state index contributed by atoms with van der Waals surface area (Å²) in [4.78, 5) is 0.230. The maximum absolute atomic E-state index is 12.2. The van der Waals surface area contributed by atoms with E-state index >= 15 is 0 Å². The maximum Gasteiger partial charge on any atom is 0.240 e. The van der Waals surface area contributed by atoms with Gasteiger partial charge in [0, 0.05) is 16.7 Å². The van der Waals surface area contributed by atoms with E-state index in [1.165, 1.54) is 0 Å². The molecule has 0 spiro atoms. The first-order valence-electron chi connectivity index (χ1n) is 5.99. The summed E-state index contributed by atoms with van der Waals surface area (Å²) in [5, 5.41) is 0. The lowest BCUT2D eigenvalue weighted by molar-refractivity contribution is 0.581. The van der Waals surface area contributed by atoms with Crippen LogP contribution in [0.5, 0.6) is 0 Å². The molecule has 0 saturated carbocycles. The van der Waals surface area contributed by atoms with Gasteiger partial charge in [0.1, 0.15) is 0 Å². The largest absolute Gasteiger partial charge is 0.399 e. The molecular formula is C14H15BrN2O2S. The fraction of sp³-hybridized carbons (Fsp3) is 0.143. The highest BCUT2D eigenvalue weighted by Gasteiger charge is 2.14. The SMILES string of the molecule is Cc1c(N)cccc1CNS(=O)(=O)c1cccc(Br)c1. The monoisotopic (exact) mass is 354 g/mol. The van der Waals surface area contributed by atoms with Crippen molar-refractivity contribution in [1.29, 1.82) is 0 Å². The van der Waals surface area contributed by atoms with Gasteiger partial charge in [0.05, 0.1) is 4.90 Å². The van der Waals surface area contributed by atoms with Crippen molar-refractivity contribution in [2.24, 2.45) is 0 Å². The van der Waals surface area contributed by atoms with E-state index in [-0.39, 0.29) is 11.4 Å². The molecule has 0 fully saturated rings. The van der Waals surface area contributed by atoms with Gasteiger partial charge < -0.3 is 5.73 Å². The Balaban J connectivity index is 2.20. The van der Waals surface area contributed by atoms with E-state index < -0.39 is 10.0 Å². The van der Waals surface area contributed by atoms with Gasteiger partial charge in [-0.15, -0.1) is 0 Å². The Hall–Kier alpha value is -1.37. The summed E-state index contributed by atoms with van der Waals surface area (Å²) in [6.07, 6.45) is 0. The number of anilines is 1. The molecule has 20 heavy (non-hydrogen) atoms. The number of hydrogen-bond acceptors (Lipinski definition) is 3. The number of nitrogens with two attached hydrogens (primary N) is 1. The minimum absolute atomic E-state index is 0.214. The zero-order valence-electron chi connectivity index (χ0n) is 10.9. The Morgan fingerprint density at radius 1 is 1.20 bits per heavy atom. The third-order valence-corrected chi connectivity index (χ3v) is 4.94. The van der Waals surface area contributed by atoms with Crippen LogP contribution in [0, 0.1) is 6.92 Å². The maximum atomic E-state index is 12.2. The molecule has 0 unspecified atom stereocenters. The first-order chi connectivity index (χ1) is 9.40. The molecular weight excluding hydrogens is 340 g/mol. The molecule has 0 aliphatic rings. The second-order valence-corrected chi connectivity index (χ2v) is 7.10. The predicted molar refractivity (Wildman–Crippen MR) is 83.8 cm³/mol. The fourth-order valence-electron chi connectivity index (χ4n) is 1.79. The Bertz CT molecular complexity index is 730. The van der Waals surface area contributed by atoms with Gasteiger partial charge in [-0.25, -0.2) is 13.1 Å². The number of nitrogens with one attached hydrogen (secondary N) is 1. The number of hydrogen-bond donors (Lipinski definition) is 2. The second-order valence-electron chi connectivity index (χ2n) is 4.41. The quantitative estimate of drug-likeness (QED) is 0.829. The molecule has 3 N–H and O–H groups in total. The van der Waals surface area contributed by atoms with Gasteiger partial charge >= 0.3 is 0 Å². The molecule has 2 aromatic carbocycles. The van der Waals surface area contributed by atoms with Crippen LogP contribution >= 0.6 is 15.9 Å². The van der Waals surface area contributed by atoms with Crippen molar-refractivity contribution < 1.29 is 8.42 Å². The lowest BCUT2D eigenvalue weighted by Crippen LogP contribution is -2.23. The Morgan fingerprint density at radius 3 is 2.60 bits per heavy atom. The summed E-state index contributed by atoms with van der Waals surface area (Å²) in [6.45, 7) is 2.09. The van der Waals surface area contributed by atoms with Crippen LogP contribution in [0.2, 0.25) is 0 Å². The molecule has 0 radical (unpaired) electrons. The molecule has 6 heteroatoms. The summed E-state index contributed by atoms with van der Waals surface area (Å²) in [7, 11) is -3.53. The van der Waals surface area contributed by atoms with Crippen molar-refractivity contribution in [2.75, 3.05) is 5.73 Å². The van der Waals surface area contributed by atoms with Crippen LogP contribution in [-0.2, 0) is 16.6 Å². The summed E-state index contributed by atoms with van der Waals surface area (Å²) in [5.41, 5.74) is 8.22. The number of nitrogen functional groups attached to an aromatic ring is 1. The lowest BCUT2D eigenvalue weighted by Gasteiger charge is -2.10. The van der Waals surface area contributed by atoms with E-state index in [0.29, 0.717) is 5.69 Å². The Kier molecular flexibility index (Phi) is 4.47. The van der Waals surface area contributed by atoms with E-state index in [4.69, 9.17) is 5.73 Å². The van der Waals surface area contributed by atoms with Crippen LogP contribution in [0.4, 0.5) is 5.69 Å². The van der Waals surface area contributed by atoms with Crippen molar-refractivity contribution >= 4 is 31.6 Å². The minimum atomic E-state index is -3.53. The van der Waals surface area contributed by atoms with Gasteiger partial charge in [-0.2, -0.15) is 0 Å². The molecule has 0 aliphatic carbocycles. The third kappa shape index (κ3) is 3.39. The van der Waals surface area contributed by atoms with Gasteiger partial charge in [0.2, 0.25) is 10.0 Å². The summed E-state index contributed by atoms with van der Waals surface area (Å²) >= 11 is 3.26. The summed E-state index contributed by atoms with van der Waals surface area (Å²) < 4.78 is 27.7. The van der Waals surface area contributed by atoms with Crippen LogP contribution in [0.3, 0.4) is 0 Å². The van der Waals surface area contributed by atoms with E-state index in [9.17, 15) is 8.42 Å². The predicted octanol–water partition coefficient (Wildman–Crippen LogP) is 2.82. The van der Waals surface area contributed by atoms with Crippen molar-refractivity contribution in [3.8, 4) is 0 Å². The van der Waals surface area contributed by atoms with Gasteiger partial charge in [-0.05, 0) is 42.3 Å². The van der Waals surface area contributed by atoms with Crippen LogP contribution in [-0.4, -0.2) is 8.42 Å². The molecule has 0 atom stereocenters. The third-order valence-electron chi connectivity index (χ3n) is 3.05. The molecule has 0 heterocycles. The highest BCUT2D eigenvalue weighted by Crippen LogP contribution is 2.18. The van der Waals surface area contributed by atoms with Gasteiger partial charge in [0.15, 0.2) is 0 Å². The molecule has 4 nitrogen and oxygen atoms in total. The summed E-state index contributed by atoms with van der Waals surface area (Å²) in [6, 6.07) is 12.0. The molecule has 2 rings (SSSR count). The average Bonchev–Trinajstić information content (AvgIpc) is 2.40. The first-order valence-corrected chi connectivity index (χ1v) is 8.27. The molecule has 0 aliphatic heterocycles. The van der Waals surface area contributed by atoms with Crippen LogP contribution in [0.25, 0.3) is 0 Å². The normalized spacial score (nSPS) is 11.5. The highest BCUT2D eigenvalue weighted by molar-refractivity contribution is 9.10. The van der Waals surface area contributed by atoms with Gasteiger partial charge in [-0.1, -0.05) is 34.1 Å². The molecule has 106 valence electrons. The van der Waals surface area contributed by atoms with Crippen molar-refractivity contribution in [2.45, 2.75) is 18.4 Å². The molecule has 2 aromatic rings. The zero-order chi connectivity index (χ0) is 14.8. The topological polar surface area (TPSA) is 72.2 Å². The summed E-state index contributed by atoms with van der Waals surface area (Å²) in [5.74, 6) is 0. The molecule has 0 amide bonds. The molecule has 0 saturated heterocycles. The van der Waals surface area contributed by atoms with Crippen LogP contribution in [0.1, 0.15) is 11.1 Å². The number of rotatable bonds is 4. The van der Waals surface area contributed by atoms with Crippen LogP contribution < -0.4 is 10.5 Å². The van der Waals surface area contributed by atoms with E-state index in [0.717, 1.165) is 15.6 Å². The number of sulfonamides is 1. The zero-order valence-corrected chi connectivity index (χ0v) is 13.3. The van der Waals surface area contributed by atoms with E-state index in [1.54, 1.807) is 30.3 Å². The Morgan fingerprint density at radius 2 is 1.90 bits per heavy atom. The molecule has 0 aromatic heterocycles. The number of halogens is 1. The van der Waals surface area contributed by atoms with Crippen molar-refractivity contribution in [1.82, 2.24) is 4.72 Å². The van der Waals surface area contributed by atoms with Crippen molar-refractivity contribution in [3.05, 3.63) is 58.1 Å². The van der Waals surface area contributed by atoms with E-state index in [2.05, 4.69) is 20.7 Å². The standard InChI is InChI=1S/C14H15BrN2O2S/c1-10-11(4-2-7-14(10)16)9-17-20(18,19)13-6-3-5-12(15)8-13/h2-8,17H,9,16H2,1H3. The Labute approximate surface area is 127 Å². The van der Waals surface area contributed by atoms with Gasteiger partial charge in [-0.3, -0.25) is 0 Å². The second kappa shape index (κ2) is 5.95. The first kappa shape index (κ1) is 15.0. The highest BCUT2D eigenvalue weighted by atomic mass is 79.9.